The summed E-state index contributed by atoms with van der Waals surface area (Å²) in [6, 6.07) is 5.81. The summed E-state index contributed by atoms with van der Waals surface area (Å²) in [7, 11) is 3.56. The number of fused-ring (bicyclic) bond motifs is 1. The van der Waals surface area contributed by atoms with Gasteiger partial charge >= 0.3 is 0 Å². The molecule has 1 aromatic carbocycles. The number of aromatic nitrogens is 4. The van der Waals surface area contributed by atoms with Crippen molar-refractivity contribution in [3.8, 4) is 5.88 Å². The van der Waals surface area contributed by atoms with Crippen LogP contribution in [0.1, 0.15) is 53.5 Å². The van der Waals surface area contributed by atoms with Crippen molar-refractivity contribution in [3.63, 3.8) is 0 Å². The summed E-state index contributed by atoms with van der Waals surface area (Å²) in [5.41, 5.74) is 0.267. The first-order valence-corrected chi connectivity index (χ1v) is 13.4. The zero-order valence-electron chi connectivity index (χ0n) is 21.7. The minimum Gasteiger partial charge on any atom is -0.473 e. The zero-order valence-corrected chi connectivity index (χ0v) is 22.5. The molecule has 12 heteroatoms. The Morgan fingerprint density at radius 1 is 1.23 bits per heavy atom. The van der Waals surface area contributed by atoms with Gasteiger partial charge in [-0.25, -0.2) is 9.37 Å². The Morgan fingerprint density at radius 3 is 2.59 bits per heavy atom. The van der Waals surface area contributed by atoms with Gasteiger partial charge in [0, 0.05) is 31.8 Å². The minimum atomic E-state index is -1.04. The smallest absolute Gasteiger partial charge is 0.274 e. The largest absolute Gasteiger partial charge is 0.473 e. The number of aryl methyl sites for hydroxylation is 2. The Kier molecular flexibility index (Phi) is 6.45. The van der Waals surface area contributed by atoms with Crippen LogP contribution >= 0.6 is 11.6 Å². The van der Waals surface area contributed by atoms with Crippen molar-refractivity contribution >= 4 is 23.2 Å². The van der Waals surface area contributed by atoms with Gasteiger partial charge in [0.15, 0.2) is 0 Å². The number of carbonyl (C=O) groups excluding carboxylic acids is 1. The second-order valence-electron chi connectivity index (χ2n) is 11.3. The van der Waals surface area contributed by atoms with E-state index in [1.807, 2.05) is 0 Å². The standard InChI is InChI=1S/C27H31ClFN5O5/c1-33-14-30-23(24(33)25(35)31-18-3-4-20(29)19(28)7-18)15-5-16-9-27(37,10-17(16)6-15)21-8-22(32-34(21)2)39-13-26(36)11-38-12-26/h3-4,7-8,14-17,36-37H,5-6,9-13H2,1-2H3,(H,31,35). The molecule has 3 N–H and O–H groups in total. The molecule has 2 saturated carbocycles. The first-order chi connectivity index (χ1) is 18.5. The number of amides is 1. The average Bonchev–Trinajstić information content (AvgIpc) is 3.60. The van der Waals surface area contributed by atoms with E-state index in [9.17, 15) is 19.4 Å². The van der Waals surface area contributed by atoms with E-state index in [-0.39, 0.29) is 48.5 Å². The number of rotatable bonds is 7. The molecule has 6 rings (SSSR count). The number of imidazole rings is 1. The van der Waals surface area contributed by atoms with Crippen LogP contribution in [0.3, 0.4) is 0 Å². The number of hydrogen-bond donors (Lipinski definition) is 3. The first kappa shape index (κ1) is 26.2. The molecule has 208 valence electrons. The molecule has 39 heavy (non-hydrogen) atoms. The molecule has 2 aromatic heterocycles. The molecule has 3 fully saturated rings. The Balaban J connectivity index is 1.13. The summed E-state index contributed by atoms with van der Waals surface area (Å²) in [4.78, 5) is 17.8. The van der Waals surface area contributed by atoms with E-state index >= 15 is 0 Å². The molecule has 1 aliphatic heterocycles. The fourth-order valence-electron chi connectivity index (χ4n) is 6.46. The summed E-state index contributed by atoms with van der Waals surface area (Å²) >= 11 is 5.87. The molecule has 1 saturated heterocycles. The van der Waals surface area contributed by atoms with Gasteiger partial charge in [-0.3, -0.25) is 9.48 Å². The molecule has 3 aromatic rings. The van der Waals surface area contributed by atoms with Gasteiger partial charge in [0.25, 0.3) is 5.91 Å². The number of hydrogen-bond acceptors (Lipinski definition) is 7. The van der Waals surface area contributed by atoms with Crippen LogP contribution in [-0.4, -0.2) is 60.9 Å². The van der Waals surface area contributed by atoms with Gasteiger partial charge in [0.1, 0.15) is 29.3 Å². The van der Waals surface area contributed by atoms with E-state index in [2.05, 4.69) is 15.4 Å². The maximum atomic E-state index is 13.5. The van der Waals surface area contributed by atoms with Crippen molar-refractivity contribution in [1.29, 1.82) is 0 Å². The van der Waals surface area contributed by atoms with E-state index in [0.717, 1.165) is 18.5 Å². The molecular formula is C27H31ClFN5O5. The summed E-state index contributed by atoms with van der Waals surface area (Å²) in [5.74, 6) is 0.0936. The number of ether oxygens (including phenoxy) is 2. The number of nitrogens with one attached hydrogen (secondary N) is 1. The molecule has 0 spiro atoms. The third-order valence-corrected chi connectivity index (χ3v) is 8.64. The fraction of sp³-hybridized carbons (Fsp3) is 0.519. The van der Waals surface area contributed by atoms with Crippen LogP contribution in [0.4, 0.5) is 10.1 Å². The summed E-state index contributed by atoms with van der Waals surface area (Å²) in [5, 5.41) is 29.0. The third kappa shape index (κ3) is 4.82. The van der Waals surface area contributed by atoms with Gasteiger partial charge in [-0.15, -0.1) is 5.10 Å². The molecular weight excluding hydrogens is 529 g/mol. The highest BCUT2D eigenvalue weighted by atomic mass is 35.5. The van der Waals surface area contributed by atoms with Crippen molar-refractivity contribution < 1.29 is 28.9 Å². The van der Waals surface area contributed by atoms with Gasteiger partial charge in [0.2, 0.25) is 5.88 Å². The predicted octanol–water partition coefficient (Wildman–Crippen LogP) is 3.13. The van der Waals surface area contributed by atoms with E-state index in [4.69, 9.17) is 21.1 Å². The van der Waals surface area contributed by atoms with Crippen molar-refractivity contribution in [2.24, 2.45) is 25.9 Å². The van der Waals surface area contributed by atoms with Crippen molar-refractivity contribution in [1.82, 2.24) is 19.3 Å². The molecule has 0 radical (unpaired) electrons. The minimum absolute atomic E-state index is 0.0634. The second-order valence-corrected chi connectivity index (χ2v) is 11.7. The lowest BCUT2D eigenvalue weighted by molar-refractivity contribution is -0.192. The average molecular weight is 560 g/mol. The molecule has 10 nitrogen and oxygen atoms in total. The second kappa shape index (κ2) is 9.58. The Hall–Kier alpha value is -2.99. The predicted molar refractivity (Wildman–Crippen MR) is 139 cm³/mol. The SMILES string of the molecule is Cn1cnc(C2CC3CC(O)(c4cc(OCC5(O)COC5)nn4C)CC3C2)c1C(=O)Nc1ccc(F)c(Cl)c1. The van der Waals surface area contributed by atoms with E-state index in [0.29, 0.717) is 35.8 Å². The van der Waals surface area contributed by atoms with E-state index in [1.54, 1.807) is 35.7 Å². The van der Waals surface area contributed by atoms with E-state index < -0.39 is 17.0 Å². The maximum absolute atomic E-state index is 13.5. The maximum Gasteiger partial charge on any atom is 0.274 e. The molecule has 2 unspecified atom stereocenters. The molecule has 2 atom stereocenters. The third-order valence-electron chi connectivity index (χ3n) is 8.35. The van der Waals surface area contributed by atoms with Gasteiger partial charge in [-0.1, -0.05) is 11.6 Å². The van der Waals surface area contributed by atoms with Gasteiger partial charge in [-0.2, -0.15) is 0 Å². The number of benzene rings is 1. The summed E-state index contributed by atoms with van der Waals surface area (Å²) in [6.45, 7) is 0.561. The van der Waals surface area contributed by atoms with Crippen molar-refractivity contribution in [2.45, 2.75) is 42.8 Å². The molecule has 0 bridgehead atoms. The van der Waals surface area contributed by atoms with Crippen LogP contribution in [0, 0.1) is 17.7 Å². The van der Waals surface area contributed by atoms with Crippen LogP contribution in [0.5, 0.6) is 5.88 Å². The highest BCUT2D eigenvalue weighted by molar-refractivity contribution is 6.31. The number of nitrogens with zero attached hydrogens (tertiary/aromatic N) is 4. The molecule has 3 aliphatic rings. The van der Waals surface area contributed by atoms with E-state index in [1.165, 1.54) is 18.2 Å². The molecule has 1 amide bonds. The Labute approximate surface area is 229 Å². The summed E-state index contributed by atoms with van der Waals surface area (Å²) in [6.07, 6.45) is 4.40. The monoisotopic (exact) mass is 559 g/mol. The summed E-state index contributed by atoms with van der Waals surface area (Å²) < 4.78 is 27.6. The van der Waals surface area contributed by atoms with Crippen LogP contribution in [0.15, 0.2) is 30.6 Å². The first-order valence-electron chi connectivity index (χ1n) is 13.0. The van der Waals surface area contributed by atoms with Gasteiger partial charge in [0.05, 0.1) is 36.0 Å². The zero-order chi connectivity index (χ0) is 27.5. The Morgan fingerprint density at radius 2 is 1.95 bits per heavy atom. The van der Waals surface area contributed by atoms with Gasteiger partial charge in [-0.05, 0) is 55.7 Å². The molecule has 3 heterocycles. The fourth-order valence-corrected chi connectivity index (χ4v) is 6.64. The lowest BCUT2D eigenvalue weighted by Gasteiger charge is -2.35. The van der Waals surface area contributed by atoms with Crippen molar-refractivity contribution in [2.75, 3.05) is 25.1 Å². The number of aliphatic hydroxyl groups is 2. The number of carbonyl (C=O) groups is 1. The highest BCUT2D eigenvalue weighted by Crippen LogP contribution is 2.57. The quantitative estimate of drug-likeness (QED) is 0.406. The van der Waals surface area contributed by atoms with Crippen LogP contribution in [0.2, 0.25) is 5.02 Å². The highest BCUT2D eigenvalue weighted by Gasteiger charge is 2.52. The van der Waals surface area contributed by atoms with Gasteiger partial charge < -0.3 is 29.6 Å². The Bertz CT molecular complexity index is 1410. The molecule has 2 aliphatic carbocycles. The van der Waals surface area contributed by atoms with Crippen LogP contribution in [-0.2, 0) is 24.4 Å². The topological polar surface area (TPSA) is 124 Å². The van der Waals surface area contributed by atoms with Crippen molar-refractivity contribution in [3.05, 3.63) is 58.5 Å². The number of halogens is 2. The van der Waals surface area contributed by atoms with Crippen LogP contribution in [0.25, 0.3) is 0 Å². The number of anilines is 1. The normalized spacial score (nSPS) is 27.3. The lowest BCUT2D eigenvalue weighted by atomic mass is 9.90. The lowest BCUT2D eigenvalue weighted by Crippen LogP contribution is -2.53. The van der Waals surface area contributed by atoms with Crippen LogP contribution < -0.4 is 10.1 Å².